The van der Waals surface area contributed by atoms with Crippen LogP contribution in [0, 0.1) is 18.6 Å². The Morgan fingerprint density at radius 1 is 1.05 bits per heavy atom. The van der Waals surface area contributed by atoms with E-state index in [9.17, 15) is 13.6 Å². The first kappa shape index (κ1) is 24.7. The van der Waals surface area contributed by atoms with Crippen molar-refractivity contribution in [3.05, 3.63) is 94.4 Å². The first-order valence-corrected chi connectivity index (χ1v) is 13.4. The molecule has 38 heavy (non-hydrogen) atoms. The Morgan fingerprint density at radius 3 is 2.61 bits per heavy atom. The van der Waals surface area contributed by atoms with Gasteiger partial charge in [0.2, 0.25) is 0 Å². The molecule has 5 aromatic rings. The van der Waals surface area contributed by atoms with E-state index in [1.54, 1.807) is 29.2 Å². The lowest BCUT2D eigenvalue weighted by Crippen LogP contribution is -2.44. The van der Waals surface area contributed by atoms with Crippen LogP contribution in [0.1, 0.15) is 41.6 Å². The molecule has 192 valence electrons. The number of thiazole rings is 1. The van der Waals surface area contributed by atoms with Crippen LogP contribution >= 0.6 is 22.9 Å². The minimum absolute atomic E-state index is 0.251. The molecule has 0 aliphatic carbocycles. The van der Waals surface area contributed by atoms with Gasteiger partial charge in [0.1, 0.15) is 28.2 Å². The number of carbonyl (C=O) groups excluding carboxylic acids is 1. The molecule has 6 rings (SSSR count). The molecule has 0 saturated carbocycles. The number of fused-ring (bicyclic) bond motifs is 1. The molecule has 1 fully saturated rings. The second-order valence-corrected chi connectivity index (χ2v) is 11.1. The number of H-pyrrole nitrogens is 1. The molecule has 3 aromatic carbocycles. The molecule has 1 aliphatic rings. The third-order valence-electron chi connectivity index (χ3n) is 7.25. The van der Waals surface area contributed by atoms with E-state index < -0.39 is 5.54 Å². The number of nitrogens with zero attached hydrogens (tertiary/aromatic N) is 3. The van der Waals surface area contributed by atoms with Crippen molar-refractivity contribution in [1.82, 2.24) is 19.9 Å². The van der Waals surface area contributed by atoms with Crippen molar-refractivity contribution < 1.29 is 13.6 Å². The Bertz CT molecular complexity index is 1700. The first-order chi connectivity index (χ1) is 18.2. The summed E-state index contributed by atoms with van der Waals surface area (Å²) >= 11 is 7.61. The molecule has 0 radical (unpaired) electrons. The minimum atomic E-state index is -0.697. The van der Waals surface area contributed by atoms with Crippen molar-refractivity contribution in [2.45, 2.75) is 32.2 Å². The van der Waals surface area contributed by atoms with Crippen molar-refractivity contribution in [3.63, 3.8) is 0 Å². The van der Waals surface area contributed by atoms with Crippen LogP contribution < -0.4 is 0 Å². The number of nitrogens with one attached hydrogen (secondary N) is 1. The highest BCUT2D eigenvalue weighted by atomic mass is 35.5. The molecule has 1 saturated heterocycles. The number of amides is 1. The van der Waals surface area contributed by atoms with Gasteiger partial charge in [-0.05, 0) is 74.2 Å². The smallest absolute Gasteiger partial charge is 0.274 e. The van der Waals surface area contributed by atoms with Crippen LogP contribution in [0.15, 0.2) is 60.7 Å². The van der Waals surface area contributed by atoms with E-state index in [1.165, 1.54) is 35.6 Å². The molecule has 2 aromatic heterocycles. The first-order valence-electron chi connectivity index (χ1n) is 12.2. The average molecular weight is 549 g/mol. The summed E-state index contributed by atoms with van der Waals surface area (Å²) in [4.78, 5) is 29.6. The molecule has 0 spiro atoms. The number of benzene rings is 3. The molecule has 1 amide bonds. The summed E-state index contributed by atoms with van der Waals surface area (Å²) in [7, 11) is 0. The number of aromatic nitrogens is 3. The third-order valence-corrected chi connectivity index (χ3v) is 8.81. The zero-order valence-electron chi connectivity index (χ0n) is 20.7. The Labute approximate surface area is 227 Å². The fourth-order valence-corrected chi connectivity index (χ4v) is 6.32. The van der Waals surface area contributed by atoms with E-state index in [2.05, 4.69) is 4.98 Å². The summed E-state index contributed by atoms with van der Waals surface area (Å²) in [6.45, 7) is 4.46. The lowest BCUT2D eigenvalue weighted by Gasteiger charge is -2.33. The van der Waals surface area contributed by atoms with Crippen LogP contribution in [0.2, 0.25) is 5.02 Å². The fraction of sp³-hybridized carbons (Fsp3) is 0.207. The quantitative estimate of drug-likeness (QED) is 0.250. The fourth-order valence-electron chi connectivity index (χ4n) is 5.11. The van der Waals surface area contributed by atoms with Crippen LogP contribution in [0.25, 0.3) is 32.0 Å². The zero-order valence-corrected chi connectivity index (χ0v) is 22.3. The van der Waals surface area contributed by atoms with Crippen molar-refractivity contribution >= 4 is 39.9 Å². The third kappa shape index (κ3) is 4.08. The predicted octanol–water partition coefficient (Wildman–Crippen LogP) is 7.74. The summed E-state index contributed by atoms with van der Waals surface area (Å²) in [6.07, 6.45) is 1.52. The highest BCUT2D eigenvalue weighted by Gasteiger charge is 2.45. The van der Waals surface area contributed by atoms with E-state index in [4.69, 9.17) is 21.6 Å². The second kappa shape index (κ2) is 9.29. The van der Waals surface area contributed by atoms with Crippen LogP contribution in [-0.4, -0.2) is 32.3 Å². The standard InChI is InChI=1S/C29H23ClF2N4OS/c1-16-21(30)11-12-22-23(16)35-28(33-22)29(2)13-4-14-36(29)27(37)24-25(17-7-9-19(31)10-8-17)38-26(34-24)18-5-3-6-20(32)15-18/h3,5-12,15H,4,13-14H2,1-2H3,(H,33,35). The Balaban J connectivity index is 1.45. The van der Waals surface area contributed by atoms with Crippen LogP contribution in [0.3, 0.4) is 0 Å². The van der Waals surface area contributed by atoms with Gasteiger partial charge in [0.25, 0.3) is 5.91 Å². The summed E-state index contributed by atoms with van der Waals surface area (Å²) in [5.74, 6) is -0.323. The molecule has 1 N–H and O–H groups in total. The van der Waals surface area contributed by atoms with Crippen molar-refractivity contribution in [3.8, 4) is 21.0 Å². The van der Waals surface area contributed by atoms with Crippen molar-refractivity contribution in [2.24, 2.45) is 0 Å². The summed E-state index contributed by atoms with van der Waals surface area (Å²) < 4.78 is 27.7. The summed E-state index contributed by atoms with van der Waals surface area (Å²) in [5.41, 5.74) is 3.32. The molecule has 9 heteroatoms. The largest absolute Gasteiger partial charge is 0.340 e. The van der Waals surface area contributed by atoms with Gasteiger partial charge in [-0.1, -0.05) is 35.9 Å². The molecule has 1 aliphatic heterocycles. The number of aromatic amines is 1. The number of halogens is 3. The van der Waals surface area contributed by atoms with E-state index in [-0.39, 0.29) is 23.2 Å². The molecule has 3 heterocycles. The number of hydrogen-bond donors (Lipinski definition) is 1. The monoisotopic (exact) mass is 548 g/mol. The maximum Gasteiger partial charge on any atom is 0.274 e. The minimum Gasteiger partial charge on any atom is -0.340 e. The van der Waals surface area contributed by atoms with Crippen molar-refractivity contribution in [1.29, 1.82) is 0 Å². The van der Waals surface area contributed by atoms with Crippen LogP contribution in [0.4, 0.5) is 8.78 Å². The Hall–Kier alpha value is -3.62. The molecule has 1 atom stereocenters. The van der Waals surface area contributed by atoms with Gasteiger partial charge in [-0.3, -0.25) is 4.79 Å². The Kier molecular flexibility index (Phi) is 6.04. The SMILES string of the molecule is Cc1c(Cl)ccc2[nH]c(C3(C)CCCN3C(=O)c3nc(-c4cccc(F)c4)sc3-c3ccc(F)cc3)nc12. The highest BCUT2D eigenvalue weighted by molar-refractivity contribution is 7.18. The topological polar surface area (TPSA) is 61.9 Å². The van der Waals surface area contributed by atoms with Crippen molar-refractivity contribution in [2.75, 3.05) is 6.54 Å². The maximum absolute atomic E-state index is 14.2. The van der Waals surface area contributed by atoms with E-state index in [1.807, 2.05) is 26.0 Å². The van der Waals surface area contributed by atoms with Crippen LogP contribution in [-0.2, 0) is 5.54 Å². The van der Waals surface area contributed by atoms with E-state index in [0.717, 1.165) is 29.4 Å². The second-order valence-electron chi connectivity index (χ2n) is 9.70. The lowest BCUT2D eigenvalue weighted by atomic mass is 9.97. The van der Waals surface area contributed by atoms with Gasteiger partial charge in [0.15, 0.2) is 0 Å². The molecule has 5 nitrogen and oxygen atoms in total. The Morgan fingerprint density at radius 2 is 1.84 bits per heavy atom. The molecule has 1 unspecified atom stereocenters. The van der Waals surface area contributed by atoms with Gasteiger partial charge in [0, 0.05) is 17.1 Å². The summed E-state index contributed by atoms with van der Waals surface area (Å²) in [5, 5.41) is 1.15. The summed E-state index contributed by atoms with van der Waals surface area (Å²) in [6, 6.07) is 15.8. The maximum atomic E-state index is 14.2. The average Bonchev–Trinajstić information content (AvgIpc) is 3.64. The molecular formula is C29H23ClF2N4OS. The number of rotatable bonds is 4. The zero-order chi connectivity index (χ0) is 26.6. The highest BCUT2D eigenvalue weighted by Crippen LogP contribution is 2.42. The molecular weight excluding hydrogens is 526 g/mol. The van der Waals surface area contributed by atoms with E-state index in [0.29, 0.717) is 38.4 Å². The normalized spacial score (nSPS) is 17.4. The predicted molar refractivity (Wildman–Crippen MR) is 146 cm³/mol. The lowest BCUT2D eigenvalue weighted by molar-refractivity contribution is 0.0601. The number of hydrogen-bond acceptors (Lipinski definition) is 4. The van der Waals surface area contributed by atoms with Gasteiger partial charge in [-0.2, -0.15) is 0 Å². The molecule has 0 bridgehead atoms. The number of likely N-dealkylation sites (tertiary alicyclic amines) is 1. The van der Waals surface area contributed by atoms with Gasteiger partial charge >= 0.3 is 0 Å². The van der Waals surface area contributed by atoms with Gasteiger partial charge < -0.3 is 9.88 Å². The van der Waals surface area contributed by atoms with Crippen LogP contribution in [0.5, 0.6) is 0 Å². The van der Waals surface area contributed by atoms with Gasteiger partial charge in [-0.25, -0.2) is 18.7 Å². The van der Waals surface area contributed by atoms with E-state index >= 15 is 0 Å². The number of carbonyl (C=O) groups is 1. The number of aryl methyl sites for hydroxylation is 1. The van der Waals surface area contributed by atoms with Gasteiger partial charge in [-0.15, -0.1) is 11.3 Å². The number of imidazole rings is 1. The van der Waals surface area contributed by atoms with Gasteiger partial charge in [0.05, 0.1) is 21.4 Å².